The first-order valence-electron chi connectivity index (χ1n) is 12.6. The van der Waals surface area contributed by atoms with Crippen molar-refractivity contribution >= 4 is 22.3 Å². The van der Waals surface area contributed by atoms with E-state index in [0.29, 0.717) is 0 Å². The minimum Gasteiger partial charge on any atom is -0.0622 e. The normalized spacial score (nSPS) is 13.9. The molecular formula is C36H28. The largest absolute Gasteiger partial charge is 0.0622 e. The molecule has 5 aromatic rings. The summed E-state index contributed by atoms with van der Waals surface area (Å²) in [7, 11) is 0. The smallest absolute Gasteiger partial charge is 0.0154 e. The van der Waals surface area contributed by atoms with Crippen LogP contribution in [-0.4, -0.2) is 0 Å². The van der Waals surface area contributed by atoms with Crippen LogP contribution in [0.2, 0.25) is 0 Å². The molecule has 0 fully saturated rings. The Labute approximate surface area is 213 Å². The molecule has 0 heteroatoms. The van der Waals surface area contributed by atoms with Crippen molar-refractivity contribution in [1.82, 2.24) is 0 Å². The van der Waals surface area contributed by atoms with E-state index in [0.717, 1.165) is 6.42 Å². The molecule has 0 heterocycles. The lowest BCUT2D eigenvalue weighted by Gasteiger charge is -2.21. The standard InChI is InChI=1S/C36H28/c1-6-16-27(17-7-1)26-32-33(28-18-8-2-9-19-28)35(30-22-12-4-13-23-30)36(31-24-14-5-15-25-31)34(32)29-20-10-3-11-21-29/h1-25,32H,26H2. The summed E-state index contributed by atoms with van der Waals surface area (Å²) in [6.07, 6.45) is 0.946. The minimum atomic E-state index is 0.225. The Morgan fingerprint density at radius 3 is 1.00 bits per heavy atom. The molecule has 0 bridgehead atoms. The van der Waals surface area contributed by atoms with Crippen LogP contribution in [0.4, 0.5) is 0 Å². The van der Waals surface area contributed by atoms with Gasteiger partial charge in [-0.15, -0.1) is 0 Å². The lowest BCUT2D eigenvalue weighted by molar-refractivity contribution is 0.854. The van der Waals surface area contributed by atoms with E-state index in [-0.39, 0.29) is 5.92 Å². The number of allylic oxidation sites excluding steroid dienone is 4. The second-order valence-electron chi connectivity index (χ2n) is 9.28. The first-order chi connectivity index (χ1) is 17.9. The molecule has 0 aliphatic heterocycles. The maximum Gasteiger partial charge on any atom is 0.0154 e. The summed E-state index contributed by atoms with van der Waals surface area (Å²) in [5.74, 6) is 0.225. The van der Waals surface area contributed by atoms with Gasteiger partial charge in [-0.25, -0.2) is 0 Å². The summed E-state index contributed by atoms with van der Waals surface area (Å²) < 4.78 is 0. The van der Waals surface area contributed by atoms with Gasteiger partial charge in [0, 0.05) is 5.92 Å². The van der Waals surface area contributed by atoms with Crippen LogP contribution in [0.25, 0.3) is 22.3 Å². The van der Waals surface area contributed by atoms with Crippen LogP contribution in [0.15, 0.2) is 152 Å². The third-order valence-corrected chi connectivity index (χ3v) is 7.06. The van der Waals surface area contributed by atoms with Crippen LogP contribution in [0.1, 0.15) is 27.8 Å². The van der Waals surface area contributed by atoms with Gasteiger partial charge in [-0.1, -0.05) is 152 Å². The fourth-order valence-corrected chi connectivity index (χ4v) is 5.55. The fraction of sp³-hybridized carbons (Fsp3) is 0.0556. The van der Waals surface area contributed by atoms with Crippen molar-refractivity contribution in [2.75, 3.05) is 0 Å². The van der Waals surface area contributed by atoms with Gasteiger partial charge in [0.1, 0.15) is 0 Å². The van der Waals surface area contributed by atoms with Gasteiger partial charge in [0.15, 0.2) is 0 Å². The van der Waals surface area contributed by atoms with Gasteiger partial charge >= 0.3 is 0 Å². The molecule has 1 aliphatic rings. The second-order valence-corrected chi connectivity index (χ2v) is 9.28. The number of benzene rings is 5. The van der Waals surface area contributed by atoms with Crippen LogP contribution in [0.3, 0.4) is 0 Å². The van der Waals surface area contributed by atoms with Gasteiger partial charge in [0.2, 0.25) is 0 Å². The average molecular weight is 461 g/mol. The molecule has 5 aromatic carbocycles. The quantitative estimate of drug-likeness (QED) is 0.237. The molecule has 0 amide bonds. The predicted molar refractivity (Wildman–Crippen MR) is 153 cm³/mol. The van der Waals surface area contributed by atoms with Gasteiger partial charge in [0.05, 0.1) is 0 Å². The third-order valence-electron chi connectivity index (χ3n) is 7.06. The molecule has 1 aliphatic carbocycles. The Balaban J connectivity index is 1.71. The number of hydrogen-bond donors (Lipinski definition) is 0. The summed E-state index contributed by atoms with van der Waals surface area (Å²) in [6, 6.07) is 54.7. The molecule has 0 unspecified atom stereocenters. The van der Waals surface area contributed by atoms with Crippen LogP contribution < -0.4 is 0 Å². The van der Waals surface area contributed by atoms with E-state index in [2.05, 4.69) is 152 Å². The number of hydrogen-bond acceptors (Lipinski definition) is 0. The second kappa shape index (κ2) is 10.1. The maximum absolute atomic E-state index is 2.27. The van der Waals surface area contributed by atoms with Crippen molar-refractivity contribution in [1.29, 1.82) is 0 Å². The molecule has 36 heavy (non-hydrogen) atoms. The first-order valence-corrected chi connectivity index (χ1v) is 12.6. The summed E-state index contributed by atoms with van der Waals surface area (Å²) in [6.45, 7) is 0. The highest BCUT2D eigenvalue weighted by atomic mass is 14.4. The highest BCUT2D eigenvalue weighted by molar-refractivity contribution is 6.28. The van der Waals surface area contributed by atoms with Crippen LogP contribution in [-0.2, 0) is 6.42 Å². The van der Waals surface area contributed by atoms with Gasteiger partial charge in [-0.2, -0.15) is 0 Å². The zero-order chi connectivity index (χ0) is 24.2. The number of rotatable bonds is 6. The molecule has 6 rings (SSSR count). The molecule has 0 saturated carbocycles. The summed E-state index contributed by atoms with van der Waals surface area (Å²) in [5.41, 5.74) is 11.9. The summed E-state index contributed by atoms with van der Waals surface area (Å²) >= 11 is 0. The SMILES string of the molecule is c1ccc(CC2C(c3ccccc3)=C(c3ccccc3)C(c3ccccc3)=C2c2ccccc2)cc1. The van der Waals surface area contributed by atoms with E-state index in [1.807, 2.05) is 0 Å². The predicted octanol–water partition coefficient (Wildman–Crippen LogP) is 9.08. The molecule has 0 radical (unpaired) electrons. The van der Waals surface area contributed by atoms with Gasteiger partial charge in [-0.05, 0) is 56.5 Å². The van der Waals surface area contributed by atoms with E-state index in [1.54, 1.807) is 0 Å². The van der Waals surface area contributed by atoms with Gasteiger partial charge in [-0.3, -0.25) is 0 Å². The lowest BCUT2D eigenvalue weighted by atomic mass is 9.82. The van der Waals surface area contributed by atoms with Crippen molar-refractivity contribution < 1.29 is 0 Å². The molecular weight excluding hydrogens is 432 g/mol. The molecule has 172 valence electrons. The van der Waals surface area contributed by atoms with E-state index in [1.165, 1.54) is 50.1 Å². The highest BCUT2D eigenvalue weighted by Crippen LogP contribution is 2.55. The maximum atomic E-state index is 2.27. The molecule has 0 aromatic heterocycles. The van der Waals surface area contributed by atoms with Crippen molar-refractivity contribution in [3.8, 4) is 0 Å². The molecule has 0 N–H and O–H groups in total. The molecule has 0 saturated heterocycles. The monoisotopic (exact) mass is 460 g/mol. The van der Waals surface area contributed by atoms with Gasteiger partial charge < -0.3 is 0 Å². The Bertz CT molecular complexity index is 1400. The van der Waals surface area contributed by atoms with Crippen LogP contribution in [0, 0.1) is 5.92 Å². The topological polar surface area (TPSA) is 0 Å². The van der Waals surface area contributed by atoms with Crippen molar-refractivity contribution in [2.24, 2.45) is 5.92 Å². The zero-order valence-corrected chi connectivity index (χ0v) is 20.2. The first kappa shape index (κ1) is 22.1. The van der Waals surface area contributed by atoms with E-state index in [4.69, 9.17) is 0 Å². The molecule has 0 spiro atoms. The van der Waals surface area contributed by atoms with E-state index >= 15 is 0 Å². The highest BCUT2D eigenvalue weighted by Gasteiger charge is 2.36. The van der Waals surface area contributed by atoms with Gasteiger partial charge in [0.25, 0.3) is 0 Å². The Hall–Kier alpha value is -4.42. The summed E-state index contributed by atoms with van der Waals surface area (Å²) in [4.78, 5) is 0. The van der Waals surface area contributed by atoms with Crippen LogP contribution >= 0.6 is 0 Å². The zero-order valence-electron chi connectivity index (χ0n) is 20.2. The minimum absolute atomic E-state index is 0.225. The molecule has 0 nitrogen and oxygen atoms in total. The average Bonchev–Trinajstić information content (AvgIpc) is 3.30. The summed E-state index contributed by atoms with van der Waals surface area (Å²) in [5, 5.41) is 0. The van der Waals surface area contributed by atoms with E-state index < -0.39 is 0 Å². The van der Waals surface area contributed by atoms with E-state index in [9.17, 15) is 0 Å². The van der Waals surface area contributed by atoms with Crippen molar-refractivity contribution in [2.45, 2.75) is 6.42 Å². The Kier molecular flexibility index (Phi) is 6.17. The van der Waals surface area contributed by atoms with Crippen molar-refractivity contribution in [3.05, 3.63) is 179 Å². The molecule has 0 atom stereocenters. The fourth-order valence-electron chi connectivity index (χ4n) is 5.55. The Morgan fingerprint density at radius 1 is 0.333 bits per heavy atom. The Morgan fingerprint density at radius 2 is 0.639 bits per heavy atom. The lowest BCUT2D eigenvalue weighted by Crippen LogP contribution is -2.08. The third kappa shape index (κ3) is 4.23. The van der Waals surface area contributed by atoms with Crippen molar-refractivity contribution in [3.63, 3.8) is 0 Å². The van der Waals surface area contributed by atoms with Crippen LogP contribution in [0.5, 0.6) is 0 Å².